The number of rotatable bonds is 0. The van der Waals surface area contributed by atoms with E-state index >= 15 is 0 Å². The lowest BCUT2D eigenvalue weighted by Crippen LogP contribution is -2.26. The minimum Gasteiger partial charge on any atom is -0.304 e. The molecule has 30 heavy (non-hydrogen) atoms. The molecule has 0 unspecified atom stereocenters. The topological polar surface area (TPSA) is 13.0 Å². The second-order valence-electron chi connectivity index (χ2n) is 9.06. The first-order chi connectivity index (χ1) is 14.5. The van der Waals surface area contributed by atoms with Gasteiger partial charge >= 0.3 is 0 Å². The van der Waals surface area contributed by atoms with E-state index in [9.17, 15) is 0 Å². The van der Waals surface area contributed by atoms with Crippen LogP contribution in [0.15, 0.2) is 36.4 Å². The lowest BCUT2D eigenvalue weighted by atomic mass is 10.1. The average molecular weight is 407 g/mol. The van der Waals surface area contributed by atoms with Gasteiger partial charge in [-0.1, -0.05) is 0 Å². The third-order valence-electron chi connectivity index (χ3n) is 5.75. The first-order valence-electron chi connectivity index (χ1n) is 11.2. The molecule has 0 aliphatic carbocycles. The highest BCUT2D eigenvalue weighted by Gasteiger charge is 2.04. The van der Waals surface area contributed by atoms with Crippen LogP contribution in [-0.2, 0) is 26.2 Å². The first-order valence-corrected chi connectivity index (χ1v) is 11.2. The van der Waals surface area contributed by atoms with Crippen molar-refractivity contribution >= 4 is 0 Å². The summed E-state index contributed by atoms with van der Waals surface area (Å²) in [6, 6.07) is 20.5. The molecule has 0 atom stereocenters. The largest absolute Gasteiger partial charge is 0.304 e. The van der Waals surface area contributed by atoms with Crippen molar-refractivity contribution in [2.45, 2.75) is 39.0 Å². The summed E-state index contributed by atoms with van der Waals surface area (Å²) in [6.07, 6.45) is 2.33. The third kappa shape index (κ3) is 7.84. The highest BCUT2D eigenvalue weighted by molar-refractivity contribution is 5.22. The number of hydrogen-bond acceptors (Lipinski definition) is 4. The molecule has 1 heterocycles. The molecule has 0 aromatic heterocycles. The molecule has 0 fully saturated rings. The van der Waals surface area contributed by atoms with E-state index < -0.39 is 0 Å². The summed E-state index contributed by atoms with van der Waals surface area (Å²) in [5, 5.41) is 0. The maximum atomic E-state index is 3.64. The maximum Gasteiger partial charge on any atom is 0.000436 e. The Hall–Kier alpha value is -1.72. The molecule has 0 radical (unpaired) electrons. The zero-order valence-corrected chi connectivity index (χ0v) is 19.3. The van der Waals surface area contributed by atoms with Crippen molar-refractivity contribution in [3.63, 3.8) is 0 Å². The van der Waals surface area contributed by atoms with Gasteiger partial charge in [-0.15, -0.1) is 22.3 Å². The van der Waals surface area contributed by atoms with E-state index in [1.807, 2.05) is 0 Å². The van der Waals surface area contributed by atoms with E-state index in [-0.39, 0.29) is 0 Å². The molecule has 0 amide bonds. The molecule has 0 spiro atoms. The van der Waals surface area contributed by atoms with Crippen LogP contribution in [-0.4, -0.2) is 74.0 Å². The molecule has 4 heteroatoms. The standard InChI is InChI=1S/C26H38N4/c1-27-13-7-14-28(2)21-25-11-6-12-26(18-25)22-30(4)16-8-15-29(3)20-24-10-5-9-23(17-24)19-27/h5-6,9-12H,7-8,13-16,19-22H2,1-4H3/q-2. The van der Waals surface area contributed by atoms with E-state index in [2.05, 4.69) is 96.3 Å². The predicted octanol–water partition coefficient (Wildman–Crippen LogP) is 3.51. The van der Waals surface area contributed by atoms with Gasteiger partial charge in [-0.05, 0) is 67.2 Å². The molecule has 0 saturated carbocycles. The van der Waals surface area contributed by atoms with Crippen molar-refractivity contribution in [2.75, 3.05) is 54.4 Å². The Kier molecular flexibility index (Phi) is 8.88. The van der Waals surface area contributed by atoms with Crippen LogP contribution in [0.25, 0.3) is 0 Å². The van der Waals surface area contributed by atoms with Crippen LogP contribution >= 0.6 is 0 Å². The lowest BCUT2D eigenvalue weighted by molar-refractivity contribution is 0.265. The van der Waals surface area contributed by atoms with Crippen LogP contribution < -0.4 is 0 Å². The van der Waals surface area contributed by atoms with Crippen LogP contribution in [0, 0.1) is 12.1 Å². The molecule has 1 aliphatic heterocycles. The monoisotopic (exact) mass is 406 g/mol. The van der Waals surface area contributed by atoms with Crippen LogP contribution in [0.3, 0.4) is 0 Å². The number of fused-ring (bicyclic) bond motifs is 4. The molecular formula is C26H38N4-2. The van der Waals surface area contributed by atoms with Crippen LogP contribution in [0.4, 0.5) is 0 Å². The lowest BCUT2D eigenvalue weighted by Gasteiger charge is -2.26. The minimum absolute atomic E-state index is 0.960. The summed E-state index contributed by atoms with van der Waals surface area (Å²) in [5.41, 5.74) is 5.16. The minimum atomic E-state index is 0.960. The maximum absolute atomic E-state index is 3.64. The Morgan fingerprint density at radius 2 is 0.767 bits per heavy atom. The highest BCUT2D eigenvalue weighted by Crippen LogP contribution is 2.12. The summed E-state index contributed by atoms with van der Waals surface area (Å²) in [4.78, 5) is 9.64. The van der Waals surface area contributed by atoms with Crippen molar-refractivity contribution in [3.8, 4) is 0 Å². The van der Waals surface area contributed by atoms with Crippen molar-refractivity contribution in [1.29, 1.82) is 0 Å². The van der Waals surface area contributed by atoms with Gasteiger partial charge < -0.3 is 19.6 Å². The molecule has 0 N–H and O–H groups in total. The average Bonchev–Trinajstić information content (AvgIpc) is 2.67. The van der Waals surface area contributed by atoms with Crippen molar-refractivity contribution < 1.29 is 0 Å². The van der Waals surface area contributed by atoms with Crippen LogP contribution in [0.5, 0.6) is 0 Å². The number of benzene rings is 2. The summed E-state index contributed by atoms with van der Waals surface area (Å²) >= 11 is 0. The summed E-state index contributed by atoms with van der Waals surface area (Å²) in [7, 11) is 8.86. The van der Waals surface area contributed by atoms with Crippen molar-refractivity contribution in [2.24, 2.45) is 0 Å². The first kappa shape index (κ1) is 23.0. The van der Waals surface area contributed by atoms with Gasteiger partial charge in [-0.25, -0.2) is 0 Å². The van der Waals surface area contributed by atoms with E-state index in [0.29, 0.717) is 0 Å². The molecule has 0 saturated heterocycles. The summed E-state index contributed by atoms with van der Waals surface area (Å²) in [5.74, 6) is 0. The van der Waals surface area contributed by atoms with Gasteiger partial charge in [0, 0.05) is 26.2 Å². The van der Waals surface area contributed by atoms with Gasteiger partial charge in [0.05, 0.1) is 0 Å². The smallest absolute Gasteiger partial charge is 0.000436 e. The number of hydrogen-bond donors (Lipinski definition) is 0. The zero-order chi connectivity index (χ0) is 21.3. The second kappa shape index (κ2) is 11.6. The Morgan fingerprint density at radius 1 is 0.500 bits per heavy atom. The fourth-order valence-corrected chi connectivity index (χ4v) is 4.21. The third-order valence-corrected chi connectivity index (χ3v) is 5.75. The SMILES string of the molecule is CN1CCCN(C)Cc2[c-]c(ccc2)CN(C)CCCN(C)Cc2[c-]c(ccc2)C1. The van der Waals surface area contributed by atoms with Crippen LogP contribution in [0.2, 0.25) is 0 Å². The zero-order valence-electron chi connectivity index (χ0n) is 19.3. The summed E-state index contributed by atoms with van der Waals surface area (Å²) in [6.45, 7) is 8.22. The van der Waals surface area contributed by atoms with E-state index in [0.717, 1.165) is 65.2 Å². The van der Waals surface area contributed by atoms with Gasteiger partial charge in [0.25, 0.3) is 0 Å². The molecule has 2 aromatic carbocycles. The Balaban J connectivity index is 1.68. The number of nitrogens with zero attached hydrogens (tertiary/aromatic N) is 4. The highest BCUT2D eigenvalue weighted by atomic mass is 15.1. The van der Waals surface area contributed by atoms with Crippen molar-refractivity contribution in [1.82, 2.24) is 19.6 Å². The normalized spacial score (nSPS) is 20.1. The Bertz CT molecular complexity index is 655. The van der Waals surface area contributed by atoms with Crippen molar-refractivity contribution in [3.05, 3.63) is 70.8 Å². The quantitative estimate of drug-likeness (QED) is 0.621. The van der Waals surface area contributed by atoms with Gasteiger partial charge in [-0.3, -0.25) is 0 Å². The predicted molar refractivity (Wildman–Crippen MR) is 125 cm³/mol. The molecule has 1 aliphatic rings. The Labute approximate surface area is 184 Å². The van der Waals surface area contributed by atoms with Gasteiger partial charge in [0.2, 0.25) is 0 Å². The fraction of sp³-hybridized carbons (Fsp3) is 0.538. The van der Waals surface area contributed by atoms with E-state index in [1.165, 1.54) is 22.3 Å². The molecule has 2 aromatic rings. The molecule has 4 nitrogen and oxygen atoms in total. The molecule has 4 bridgehead atoms. The molecule has 3 rings (SSSR count). The van der Waals surface area contributed by atoms with E-state index in [4.69, 9.17) is 0 Å². The van der Waals surface area contributed by atoms with Gasteiger partial charge in [0.15, 0.2) is 0 Å². The van der Waals surface area contributed by atoms with E-state index in [1.54, 1.807) is 0 Å². The molecular weight excluding hydrogens is 368 g/mol. The summed E-state index contributed by atoms with van der Waals surface area (Å²) < 4.78 is 0. The molecule has 164 valence electrons. The second-order valence-corrected chi connectivity index (χ2v) is 9.06. The fourth-order valence-electron chi connectivity index (χ4n) is 4.21. The van der Waals surface area contributed by atoms with Gasteiger partial charge in [0.1, 0.15) is 0 Å². The Morgan fingerprint density at radius 3 is 1.03 bits per heavy atom. The van der Waals surface area contributed by atoms with Crippen LogP contribution in [0.1, 0.15) is 35.1 Å². The van der Waals surface area contributed by atoms with Gasteiger partial charge in [-0.2, -0.15) is 48.5 Å².